The average Bonchev–Trinajstić information content (AvgIpc) is 2.10. The quantitative estimate of drug-likeness (QED) is 0.567. The summed E-state index contributed by atoms with van der Waals surface area (Å²) in [6, 6.07) is 1.77. The molecule has 9 heavy (non-hydrogen) atoms. The molecule has 0 bridgehead atoms. The van der Waals surface area contributed by atoms with Crippen molar-refractivity contribution in [2.24, 2.45) is 0 Å². The second-order valence-corrected chi connectivity index (χ2v) is 4.77. The molecule has 0 radical (unpaired) electrons. The molecular weight excluding hydrogens is 270 g/mol. The SMILES string of the molecule is O=Cc1sc(I)cc1Cl. The summed E-state index contributed by atoms with van der Waals surface area (Å²) >= 11 is 9.15. The van der Waals surface area contributed by atoms with Crippen LogP contribution in [-0.2, 0) is 0 Å². The van der Waals surface area contributed by atoms with Crippen LogP contribution < -0.4 is 0 Å². The van der Waals surface area contributed by atoms with Gasteiger partial charge in [0.25, 0.3) is 0 Å². The van der Waals surface area contributed by atoms with Gasteiger partial charge in [-0.2, -0.15) is 0 Å². The normalized spacial score (nSPS) is 9.56. The lowest BCUT2D eigenvalue weighted by atomic mass is 10.5. The standard InChI is InChI=1S/C5H2ClIOS/c6-3-1-5(7)9-4(3)2-8/h1-2H. The first kappa shape index (κ1) is 7.50. The molecule has 1 aromatic rings. The van der Waals surface area contributed by atoms with E-state index in [0.29, 0.717) is 9.90 Å². The molecule has 0 N–H and O–H groups in total. The Hall–Kier alpha value is 0.390. The molecule has 0 aliphatic carbocycles. The van der Waals surface area contributed by atoms with Gasteiger partial charge in [0.15, 0.2) is 6.29 Å². The minimum Gasteiger partial charge on any atom is -0.297 e. The Balaban J connectivity index is 3.15. The van der Waals surface area contributed by atoms with Crippen molar-refractivity contribution < 1.29 is 4.79 Å². The van der Waals surface area contributed by atoms with Crippen molar-refractivity contribution in [3.63, 3.8) is 0 Å². The molecule has 1 rings (SSSR count). The molecule has 0 amide bonds. The van der Waals surface area contributed by atoms with Gasteiger partial charge >= 0.3 is 0 Å². The van der Waals surface area contributed by atoms with Crippen LogP contribution >= 0.6 is 45.5 Å². The molecule has 1 aromatic heterocycles. The number of rotatable bonds is 1. The lowest BCUT2D eigenvalue weighted by molar-refractivity contribution is 0.112. The Labute approximate surface area is 75.2 Å². The number of carbonyl (C=O) groups excluding carboxylic acids is 1. The maximum atomic E-state index is 10.2. The first-order valence-electron chi connectivity index (χ1n) is 2.14. The van der Waals surface area contributed by atoms with E-state index < -0.39 is 0 Å². The highest BCUT2D eigenvalue weighted by Gasteiger charge is 2.02. The molecule has 0 saturated carbocycles. The van der Waals surface area contributed by atoms with Gasteiger partial charge in [-0.05, 0) is 28.7 Å². The summed E-state index contributed by atoms with van der Waals surface area (Å²) in [5.74, 6) is 0. The summed E-state index contributed by atoms with van der Waals surface area (Å²) in [7, 11) is 0. The maximum absolute atomic E-state index is 10.2. The largest absolute Gasteiger partial charge is 0.297 e. The molecule has 0 saturated heterocycles. The van der Waals surface area contributed by atoms with Gasteiger partial charge in [0, 0.05) is 0 Å². The summed E-state index contributed by atoms with van der Waals surface area (Å²) < 4.78 is 1.04. The molecule has 48 valence electrons. The number of carbonyl (C=O) groups is 1. The van der Waals surface area contributed by atoms with Crippen molar-refractivity contribution >= 4 is 51.8 Å². The zero-order valence-corrected chi connectivity index (χ0v) is 7.96. The molecule has 0 unspecified atom stereocenters. The highest BCUT2D eigenvalue weighted by Crippen LogP contribution is 2.25. The Bertz CT molecular complexity index is 233. The zero-order chi connectivity index (χ0) is 6.85. The van der Waals surface area contributed by atoms with E-state index >= 15 is 0 Å². The number of thiophene rings is 1. The molecule has 0 aliphatic heterocycles. The van der Waals surface area contributed by atoms with Gasteiger partial charge < -0.3 is 0 Å². The fraction of sp³-hybridized carbons (Fsp3) is 0. The molecule has 0 spiro atoms. The van der Waals surface area contributed by atoms with Gasteiger partial charge in [-0.3, -0.25) is 4.79 Å². The van der Waals surface area contributed by atoms with Crippen LogP contribution in [0.15, 0.2) is 6.07 Å². The summed E-state index contributed by atoms with van der Waals surface area (Å²) in [5, 5.41) is 0.555. The van der Waals surface area contributed by atoms with Crippen LogP contribution in [0, 0.1) is 2.88 Å². The molecule has 0 aromatic carbocycles. The number of aldehydes is 1. The second kappa shape index (κ2) is 2.98. The zero-order valence-electron chi connectivity index (χ0n) is 4.23. The minimum absolute atomic E-state index is 0.555. The maximum Gasteiger partial charge on any atom is 0.161 e. The molecule has 4 heteroatoms. The monoisotopic (exact) mass is 272 g/mol. The molecular formula is C5H2ClIOS. The van der Waals surface area contributed by atoms with Crippen molar-refractivity contribution in [3.8, 4) is 0 Å². The van der Waals surface area contributed by atoms with Crippen LogP contribution in [0.25, 0.3) is 0 Å². The van der Waals surface area contributed by atoms with E-state index in [1.54, 1.807) is 6.07 Å². The van der Waals surface area contributed by atoms with Gasteiger partial charge in [-0.1, -0.05) is 11.6 Å². The van der Waals surface area contributed by atoms with Crippen LogP contribution in [-0.4, -0.2) is 6.29 Å². The number of hydrogen-bond acceptors (Lipinski definition) is 2. The van der Waals surface area contributed by atoms with E-state index in [1.807, 2.05) is 0 Å². The first-order chi connectivity index (χ1) is 4.24. The highest BCUT2D eigenvalue weighted by atomic mass is 127. The first-order valence-corrected chi connectivity index (χ1v) is 4.41. The fourth-order valence-corrected chi connectivity index (χ4v) is 2.57. The van der Waals surface area contributed by atoms with Gasteiger partial charge in [0.05, 0.1) is 12.8 Å². The Morgan fingerprint density at radius 2 is 2.44 bits per heavy atom. The van der Waals surface area contributed by atoms with E-state index in [2.05, 4.69) is 22.6 Å². The van der Waals surface area contributed by atoms with Gasteiger partial charge in [0.1, 0.15) is 0 Å². The van der Waals surface area contributed by atoms with Crippen LogP contribution in [0.4, 0.5) is 0 Å². The lowest BCUT2D eigenvalue weighted by Crippen LogP contribution is -1.66. The lowest BCUT2D eigenvalue weighted by Gasteiger charge is -1.76. The Morgan fingerprint density at radius 3 is 2.67 bits per heavy atom. The van der Waals surface area contributed by atoms with Crippen molar-refractivity contribution in [2.45, 2.75) is 0 Å². The predicted octanol–water partition coefficient (Wildman–Crippen LogP) is 2.82. The number of hydrogen-bond donors (Lipinski definition) is 0. The average molecular weight is 272 g/mol. The summed E-state index contributed by atoms with van der Waals surface area (Å²) in [5.41, 5.74) is 0. The van der Waals surface area contributed by atoms with E-state index in [1.165, 1.54) is 11.3 Å². The minimum atomic E-state index is 0.555. The van der Waals surface area contributed by atoms with E-state index in [4.69, 9.17) is 11.6 Å². The van der Waals surface area contributed by atoms with Crippen molar-refractivity contribution in [1.82, 2.24) is 0 Å². The van der Waals surface area contributed by atoms with Crippen molar-refractivity contribution in [1.29, 1.82) is 0 Å². The van der Waals surface area contributed by atoms with Gasteiger partial charge in [-0.15, -0.1) is 11.3 Å². The van der Waals surface area contributed by atoms with Crippen LogP contribution in [0.3, 0.4) is 0 Å². The van der Waals surface area contributed by atoms with Crippen LogP contribution in [0.2, 0.25) is 5.02 Å². The summed E-state index contributed by atoms with van der Waals surface area (Å²) in [4.78, 5) is 10.8. The van der Waals surface area contributed by atoms with E-state index in [9.17, 15) is 4.79 Å². The Kier molecular flexibility index (Phi) is 2.49. The summed E-state index contributed by atoms with van der Waals surface area (Å²) in [6.45, 7) is 0. The van der Waals surface area contributed by atoms with E-state index in [0.717, 1.165) is 9.17 Å². The summed E-state index contributed by atoms with van der Waals surface area (Å²) in [6.07, 6.45) is 0.773. The molecule has 0 fully saturated rings. The Morgan fingerprint density at radius 1 is 1.78 bits per heavy atom. The van der Waals surface area contributed by atoms with Crippen molar-refractivity contribution in [2.75, 3.05) is 0 Å². The topological polar surface area (TPSA) is 17.1 Å². The molecule has 0 atom stereocenters. The van der Waals surface area contributed by atoms with Crippen LogP contribution in [0.5, 0.6) is 0 Å². The third kappa shape index (κ3) is 1.65. The number of halogens is 2. The van der Waals surface area contributed by atoms with E-state index in [-0.39, 0.29) is 0 Å². The molecule has 0 aliphatic rings. The molecule has 1 heterocycles. The van der Waals surface area contributed by atoms with Crippen LogP contribution in [0.1, 0.15) is 9.67 Å². The van der Waals surface area contributed by atoms with Gasteiger partial charge in [0.2, 0.25) is 0 Å². The predicted molar refractivity (Wildman–Crippen MR) is 47.4 cm³/mol. The molecule has 1 nitrogen and oxygen atoms in total. The third-order valence-electron chi connectivity index (χ3n) is 0.790. The second-order valence-electron chi connectivity index (χ2n) is 1.38. The fourth-order valence-electron chi connectivity index (χ4n) is 0.434. The van der Waals surface area contributed by atoms with Crippen molar-refractivity contribution in [3.05, 3.63) is 18.9 Å². The highest BCUT2D eigenvalue weighted by molar-refractivity contribution is 14.1. The van der Waals surface area contributed by atoms with Gasteiger partial charge in [-0.25, -0.2) is 0 Å². The third-order valence-corrected chi connectivity index (χ3v) is 3.04. The smallest absolute Gasteiger partial charge is 0.161 e.